The van der Waals surface area contributed by atoms with Crippen LogP contribution >= 0.6 is 11.3 Å². The smallest absolute Gasteiger partial charge is 0.335 e. The Morgan fingerprint density at radius 3 is 2.69 bits per heavy atom. The van der Waals surface area contributed by atoms with Crippen LogP contribution in [0.25, 0.3) is 10.2 Å². The summed E-state index contributed by atoms with van der Waals surface area (Å²) in [5, 5.41) is 8.97. The van der Waals surface area contributed by atoms with E-state index < -0.39 is 5.97 Å². The van der Waals surface area contributed by atoms with Gasteiger partial charge in [0, 0.05) is 18.7 Å². The molecule has 0 spiro atoms. The minimum absolute atomic E-state index is 0.0732. The number of thiazole rings is 1. The van der Waals surface area contributed by atoms with Crippen LogP contribution in [-0.4, -0.2) is 40.0 Å². The van der Waals surface area contributed by atoms with Crippen molar-refractivity contribution in [3.05, 3.63) is 64.7 Å². The molecule has 0 radical (unpaired) electrons. The first-order chi connectivity index (χ1) is 12.6. The Labute approximate surface area is 154 Å². The van der Waals surface area contributed by atoms with Crippen LogP contribution in [0.1, 0.15) is 32.7 Å². The predicted octanol–water partition coefficient (Wildman–Crippen LogP) is 3.70. The Kier molecular flexibility index (Phi) is 4.42. The number of hydrogen-bond acceptors (Lipinski definition) is 4. The Balaban J connectivity index is 1.41. The molecular weight excluding hydrogens is 348 g/mol. The summed E-state index contributed by atoms with van der Waals surface area (Å²) in [5.74, 6) is -0.433. The molecule has 0 aliphatic carbocycles. The molecule has 132 valence electrons. The molecule has 1 aliphatic rings. The Hall–Kier alpha value is -2.73. The van der Waals surface area contributed by atoms with Crippen LogP contribution in [0.4, 0.5) is 0 Å². The van der Waals surface area contributed by atoms with Gasteiger partial charge in [-0.25, -0.2) is 9.78 Å². The Morgan fingerprint density at radius 1 is 1.15 bits per heavy atom. The van der Waals surface area contributed by atoms with Gasteiger partial charge in [-0.05, 0) is 54.7 Å². The number of likely N-dealkylation sites (tertiary alicyclic amines) is 1. The second-order valence-corrected chi connectivity index (χ2v) is 7.53. The number of carbonyl (C=O) groups excluding carboxylic acids is 1. The minimum atomic E-state index is -0.910. The number of hydrogen-bond donors (Lipinski definition) is 1. The largest absolute Gasteiger partial charge is 0.478 e. The van der Waals surface area contributed by atoms with Gasteiger partial charge >= 0.3 is 5.97 Å². The van der Waals surface area contributed by atoms with E-state index in [1.165, 1.54) is 0 Å². The quantitative estimate of drug-likeness (QED) is 0.764. The molecule has 2 aromatic carbocycles. The van der Waals surface area contributed by atoms with Gasteiger partial charge in [0.2, 0.25) is 0 Å². The molecule has 4 rings (SSSR count). The van der Waals surface area contributed by atoms with Crippen LogP contribution in [0.5, 0.6) is 0 Å². The molecular formula is C20H18N2O3S. The molecule has 6 heteroatoms. The highest BCUT2D eigenvalue weighted by Crippen LogP contribution is 2.25. The Morgan fingerprint density at radius 2 is 1.92 bits per heavy atom. The van der Waals surface area contributed by atoms with Crippen LogP contribution < -0.4 is 0 Å². The number of nitrogens with zero attached hydrogens (tertiary/aromatic N) is 2. The minimum Gasteiger partial charge on any atom is -0.478 e. The van der Waals surface area contributed by atoms with Crippen molar-refractivity contribution < 1.29 is 14.7 Å². The average molecular weight is 366 g/mol. The normalized spacial score (nSPS) is 16.9. The summed E-state index contributed by atoms with van der Waals surface area (Å²) in [4.78, 5) is 29.9. The maximum atomic E-state index is 12.8. The van der Waals surface area contributed by atoms with Crippen molar-refractivity contribution in [2.24, 2.45) is 5.92 Å². The van der Waals surface area contributed by atoms with Crippen molar-refractivity contribution in [1.29, 1.82) is 0 Å². The molecule has 1 N–H and O–H groups in total. The number of fused-ring (bicyclic) bond motifs is 1. The van der Waals surface area contributed by atoms with E-state index in [4.69, 9.17) is 5.11 Å². The van der Waals surface area contributed by atoms with Crippen molar-refractivity contribution in [3.8, 4) is 0 Å². The number of carbonyl (C=O) groups is 2. The summed E-state index contributed by atoms with van der Waals surface area (Å²) >= 11 is 1.54. The fourth-order valence-electron chi connectivity index (χ4n) is 3.47. The highest BCUT2D eigenvalue weighted by atomic mass is 32.1. The maximum absolute atomic E-state index is 12.8. The topological polar surface area (TPSA) is 70.5 Å². The van der Waals surface area contributed by atoms with Gasteiger partial charge in [0.1, 0.15) is 0 Å². The van der Waals surface area contributed by atoms with E-state index >= 15 is 0 Å². The number of rotatable bonds is 4. The van der Waals surface area contributed by atoms with Crippen LogP contribution in [0.2, 0.25) is 0 Å². The van der Waals surface area contributed by atoms with Crippen molar-refractivity contribution in [2.75, 3.05) is 13.1 Å². The Bertz CT molecular complexity index is 965. The van der Waals surface area contributed by atoms with E-state index in [-0.39, 0.29) is 5.91 Å². The highest BCUT2D eigenvalue weighted by Gasteiger charge is 2.27. The van der Waals surface area contributed by atoms with Gasteiger partial charge in [0.15, 0.2) is 0 Å². The molecule has 1 atom stereocenters. The average Bonchev–Trinajstić information content (AvgIpc) is 3.30. The van der Waals surface area contributed by atoms with Gasteiger partial charge < -0.3 is 10.0 Å². The molecule has 1 aliphatic heterocycles. The first-order valence-electron chi connectivity index (χ1n) is 8.55. The molecule has 1 unspecified atom stereocenters. The van der Waals surface area contributed by atoms with Crippen LogP contribution in [0.15, 0.2) is 48.0 Å². The molecule has 1 fully saturated rings. The van der Waals surface area contributed by atoms with Gasteiger partial charge in [0.05, 0.1) is 21.3 Å². The number of carboxylic acid groups (broad SMARTS) is 1. The standard InChI is InChI=1S/C20H18N2O3S/c23-19(16-5-6-17-18(10-16)26-12-21-17)22-8-7-14(11-22)9-13-1-3-15(4-2-13)20(24)25/h1-6,10,12,14H,7-9,11H2,(H,24,25). The van der Waals surface area contributed by atoms with Gasteiger partial charge in [0.25, 0.3) is 5.91 Å². The zero-order chi connectivity index (χ0) is 18.1. The highest BCUT2D eigenvalue weighted by molar-refractivity contribution is 7.16. The predicted molar refractivity (Wildman–Crippen MR) is 101 cm³/mol. The number of carboxylic acids is 1. The van der Waals surface area contributed by atoms with Crippen molar-refractivity contribution in [3.63, 3.8) is 0 Å². The molecule has 1 saturated heterocycles. The van der Waals surface area contributed by atoms with Gasteiger partial charge in [-0.1, -0.05) is 12.1 Å². The zero-order valence-electron chi connectivity index (χ0n) is 14.1. The fourth-order valence-corrected chi connectivity index (χ4v) is 4.19. The summed E-state index contributed by atoms with van der Waals surface area (Å²) in [6.07, 6.45) is 1.83. The summed E-state index contributed by atoms with van der Waals surface area (Å²) in [7, 11) is 0. The SMILES string of the molecule is O=C(O)c1ccc(CC2CCN(C(=O)c3ccc4ncsc4c3)C2)cc1. The van der Waals surface area contributed by atoms with Gasteiger partial charge in [-0.3, -0.25) is 4.79 Å². The van der Waals surface area contributed by atoms with Crippen molar-refractivity contribution in [1.82, 2.24) is 9.88 Å². The van der Waals surface area contributed by atoms with Crippen molar-refractivity contribution >= 4 is 33.4 Å². The number of benzene rings is 2. The van der Waals surface area contributed by atoms with E-state index in [2.05, 4.69) is 4.98 Å². The lowest BCUT2D eigenvalue weighted by Crippen LogP contribution is -2.28. The molecule has 0 saturated carbocycles. The van der Waals surface area contributed by atoms with Crippen LogP contribution in [0.3, 0.4) is 0 Å². The van der Waals surface area contributed by atoms with Crippen LogP contribution in [0, 0.1) is 5.92 Å². The van der Waals surface area contributed by atoms with E-state index in [0.717, 1.165) is 41.7 Å². The molecule has 26 heavy (non-hydrogen) atoms. The lowest BCUT2D eigenvalue weighted by molar-refractivity contribution is 0.0696. The third-order valence-electron chi connectivity index (χ3n) is 4.88. The first-order valence-corrected chi connectivity index (χ1v) is 9.43. The molecule has 1 aromatic heterocycles. The number of amides is 1. The lowest BCUT2D eigenvalue weighted by atomic mass is 9.98. The molecule has 0 bridgehead atoms. The van der Waals surface area contributed by atoms with Gasteiger partial charge in [-0.2, -0.15) is 0 Å². The molecule has 3 aromatic rings. The lowest BCUT2D eigenvalue weighted by Gasteiger charge is -2.17. The maximum Gasteiger partial charge on any atom is 0.335 e. The number of aromatic carboxylic acids is 1. The number of aromatic nitrogens is 1. The van der Waals surface area contributed by atoms with Crippen LogP contribution in [-0.2, 0) is 6.42 Å². The zero-order valence-corrected chi connectivity index (χ0v) is 14.9. The fraction of sp³-hybridized carbons (Fsp3) is 0.250. The molecule has 1 amide bonds. The van der Waals surface area contributed by atoms with E-state index in [1.807, 2.05) is 35.2 Å². The van der Waals surface area contributed by atoms with E-state index in [1.54, 1.807) is 29.0 Å². The summed E-state index contributed by atoms with van der Waals surface area (Å²) in [5.41, 5.74) is 4.85. The van der Waals surface area contributed by atoms with E-state index in [0.29, 0.717) is 17.0 Å². The first kappa shape index (κ1) is 16.7. The second kappa shape index (κ2) is 6.88. The van der Waals surface area contributed by atoms with Crippen molar-refractivity contribution in [2.45, 2.75) is 12.8 Å². The summed E-state index contributed by atoms with van der Waals surface area (Å²) in [6, 6.07) is 12.7. The van der Waals surface area contributed by atoms with Gasteiger partial charge in [-0.15, -0.1) is 11.3 Å². The third-order valence-corrected chi connectivity index (χ3v) is 5.67. The monoisotopic (exact) mass is 366 g/mol. The molecule has 2 heterocycles. The third kappa shape index (κ3) is 3.32. The second-order valence-electron chi connectivity index (χ2n) is 6.65. The summed E-state index contributed by atoms with van der Waals surface area (Å²) in [6.45, 7) is 1.50. The summed E-state index contributed by atoms with van der Waals surface area (Å²) < 4.78 is 1.03. The molecule has 5 nitrogen and oxygen atoms in total. The van der Waals surface area contributed by atoms with E-state index in [9.17, 15) is 9.59 Å².